The largest absolute Gasteiger partial charge is 0.545 e. The lowest BCUT2D eigenvalue weighted by Crippen LogP contribution is -2.44. The molecule has 0 spiro atoms. The molecule has 2 unspecified atom stereocenters. The molecular formula is C74H145NO8. The maximum Gasteiger partial charge on any atom is 0.306 e. The van der Waals surface area contributed by atoms with Crippen molar-refractivity contribution in [3.8, 4) is 0 Å². The van der Waals surface area contributed by atoms with Crippen molar-refractivity contribution in [2.24, 2.45) is 0 Å². The van der Waals surface area contributed by atoms with Gasteiger partial charge in [-0.2, -0.15) is 0 Å². The number of quaternary nitrogens is 1. The summed E-state index contributed by atoms with van der Waals surface area (Å²) < 4.78 is 22.9. The van der Waals surface area contributed by atoms with Crippen molar-refractivity contribution in [1.82, 2.24) is 0 Å². The molecule has 2 atom stereocenters. The highest BCUT2D eigenvalue weighted by Gasteiger charge is 2.22. The van der Waals surface area contributed by atoms with E-state index in [0.717, 1.165) is 38.5 Å². The average molecular weight is 1180 g/mol. The van der Waals surface area contributed by atoms with Crippen molar-refractivity contribution in [3.63, 3.8) is 0 Å². The highest BCUT2D eigenvalue weighted by atomic mass is 16.7. The molecule has 494 valence electrons. The van der Waals surface area contributed by atoms with Crippen LogP contribution in [0.15, 0.2) is 0 Å². The van der Waals surface area contributed by atoms with E-state index < -0.39 is 24.3 Å². The molecule has 0 rings (SSSR count). The third kappa shape index (κ3) is 67.7. The summed E-state index contributed by atoms with van der Waals surface area (Å²) in [4.78, 5) is 37.5. The summed E-state index contributed by atoms with van der Waals surface area (Å²) in [6.07, 6.45) is 76.4. The molecule has 0 N–H and O–H groups in total. The van der Waals surface area contributed by atoms with Crippen LogP contribution in [0.2, 0.25) is 0 Å². The summed E-state index contributed by atoms with van der Waals surface area (Å²) in [6, 6.07) is 0. The summed E-state index contributed by atoms with van der Waals surface area (Å²) in [5.74, 6) is -2.24. The number of rotatable bonds is 71. The molecule has 9 nitrogen and oxygen atoms in total. The van der Waals surface area contributed by atoms with Crippen LogP contribution in [0, 0.1) is 0 Å². The van der Waals surface area contributed by atoms with Crippen LogP contribution in [0.4, 0.5) is 0 Å². The van der Waals surface area contributed by atoms with Gasteiger partial charge in [0.25, 0.3) is 0 Å². The van der Waals surface area contributed by atoms with Gasteiger partial charge in [-0.25, -0.2) is 0 Å². The van der Waals surface area contributed by atoms with Crippen LogP contribution in [0.1, 0.15) is 399 Å². The molecule has 0 aromatic heterocycles. The molecule has 0 radical (unpaired) electrons. The van der Waals surface area contributed by atoms with Crippen LogP contribution in [0.5, 0.6) is 0 Å². The zero-order chi connectivity index (χ0) is 60.5. The molecule has 0 saturated heterocycles. The van der Waals surface area contributed by atoms with Crippen LogP contribution in [-0.4, -0.2) is 82.3 Å². The lowest BCUT2D eigenvalue weighted by atomic mass is 10.0. The second kappa shape index (κ2) is 66.2. The van der Waals surface area contributed by atoms with Crippen molar-refractivity contribution in [2.45, 2.75) is 411 Å². The van der Waals surface area contributed by atoms with Crippen LogP contribution >= 0.6 is 0 Å². The fourth-order valence-corrected chi connectivity index (χ4v) is 11.7. The van der Waals surface area contributed by atoms with Crippen LogP contribution in [0.25, 0.3) is 0 Å². The summed E-state index contributed by atoms with van der Waals surface area (Å²) in [6.45, 7) is 4.85. The standard InChI is InChI=1S/C74H145NO8/c1-6-8-10-12-14-16-18-20-22-24-26-28-30-32-34-35-36-37-39-41-43-45-47-49-51-53-55-57-59-61-63-65-72(77)83-70(69-82-74(73(78)79)80-67-66-75(3,4)5)68-81-71(76)64-62-60-58-56-54-52-50-48-46-44-42-40-38-33-31-29-27-25-23-21-19-17-15-13-11-9-7-2/h70,74H,6-69H2,1-5H3. The molecular weight excluding hydrogens is 1030 g/mol. The van der Waals surface area contributed by atoms with Gasteiger partial charge in [-0.1, -0.05) is 373 Å². The van der Waals surface area contributed by atoms with E-state index in [1.807, 2.05) is 21.1 Å². The first-order valence-electron chi connectivity index (χ1n) is 37.2. The van der Waals surface area contributed by atoms with Crippen LogP contribution < -0.4 is 5.11 Å². The molecule has 0 fully saturated rings. The topological polar surface area (TPSA) is 111 Å². The summed E-state index contributed by atoms with van der Waals surface area (Å²) in [5, 5.41) is 11.8. The fourth-order valence-electron chi connectivity index (χ4n) is 11.7. The van der Waals surface area contributed by atoms with E-state index in [0.29, 0.717) is 17.4 Å². The zero-order valence-corrected chi connectivity index (χ0v) is 56.6. The molecule has 0 amide bonds. The maximum absolute atomic E-state index is 12.9. The first-order valence-corrected chi connectivity index (χ1v) is 37.2. The number of likely N-dealkylation sites (N-methyl/N-ethyl adjacent to an activating group) is 1. The Bertz CT molecular complexity index is 1320. The first-order chi connectivity index (χ1) is 40.6. The summed E-state index contributed by atoms with van der Waals surface area (Å²) in [5.41, 5.74) is 0. The molecule has 0 saturated carbocycles. The van der Waals surface area contributed by atoms with E-state index in [1.54, 1.807) is 0 Å². The molecule has 0 aromatic carbocycles. The average Bonchev–Trinajstić information content (AvgIpc) is 3.46. The minimum absolute atomic E-state index is 0.154. The Morgan fingerprint density at radius 2 is 0.542 bits per heavy atom. The van der Waals surface area contributed by atoms with Gasteiger partial charge in [-0.15, -0.1) is 0 Å². The van der Waals surface area contributed by atoms with Crippen molar-refractivity contribution in [3.05, 3.63) is 0 Å². The predicted octanol–water partition coefficient (Wildman–Crippen LogP) is 21.7. The van der Waals surface area contributed by atoms with Gasteiger partial charge < -0.3 is 33.3 Å². The number of carboxylic acids is 1. The maximum atomic E-state index is 12.9. The Hall–Kier alpha value is -1.71. The van der Waals surface area contributed by atoms with Gasteiger partial charge in [0.05, 0.1) is 40.3 Å². The van der Waals surface area contributed by atoms with Gasteiger partial charge in [-0.05, 0) is 12.8 Å². The number of unbranched alkanes of at least 4 members (excludes halogenated alkanes) is 56. The van der Waals surface area contributed by atoms with E-state index in [-0.39, 0.29) is 32.2 Å². The lowest BCUT2D eigenvalue weighted by molar-refractivity contribution is -0.870. The zero-order valence-electron chi connectivity index (χ0n) is 56.6. The SMILES string of the molecule is CCCCCCCCCCCCCCCCCCCCCCCCCCCCCCCCCC(=O)OC(COC(=O)CCCCCCCCCCCCCCCCCCCCCCCCCCCCC)COC(OCC[N+](C)(C)C)C(=O)[O-]. The number of carboxylic acid groups (broad SMARTS) is 1. The second-order valence-corrected chi connectivity index (χ2v) is 27.0. The quantitative estimate of drug-likeness (QED) is 0.0256. The van der Waals surface area contributed by atoms with Gasteiger partial charge in [0.1, 0.15) is 13.2 Å². The van der Waals surface area contributed by atoms with Gasteiger partial charge >= 0.3 is 11.9 Å². The normalized spacial score (nSPS) is 12.5. The molecule has 0 aliphatic rings. The second-order valence-electron chi connectivity index (χ2n) is 27.0. The number of hydrogen-bond donors (Lipinski definition) is 0. The Kier molecular flexibility index (Phi) is 64.9. The number of aliphatic carboxylic acids is 1. The molecule has 9 heteroatoms. The Balaban J connectivity index is 4.00. The summed E-state index contributed by atoms with van der Waals surface area (Å²) in [7, 11) is 5.95. The monoisotopic (exact) mass is 1180 g/mol. The minimum atomic E-state index is -1.62. The van der Waals surface area contributed by atoms with Crippen LogP contribution in [-0.2, 0) is 33.3 Å². The predicted molar refractivity (Wildman–Crippen MR) is 353 cm³/mol. The van der Waals surface area contributed by atoms with Crippen LogP contribution in [0.3, 0.4) is 0 Å². The smallest absolute Gasteiger partial charge is 0.306 e. The van der Waals surface area contributed by atoms with Crippen molar-refractivity contribution >= 4 is 17.9 Å². The number of esters is 2. The van der Waals surface area contributed by atoms with Crippen molar-refractivity contribution in [2.75, 3.05) is 47.5 Å². The molecule has 0 aromatic rings. The number of nitrogens with zero attached hydrogens (tertiary/aromatic N) is 1. The highest BCUT2D eigenvalue weighted by Crippen LogP contribution is 2.20. The van der Waals surface area contributed by atoms with Gasteiger partial charge in [0.2, 0.25) is 0 Å². The van der Waals surface area contributed by atoms with Gasteiger partial charge in [-0.3, -0.25) is 9.59 Å². The number of hydrogen-bond acceptors (Lipinski definition) is 8. The van der Waals surface area contributed by atoms with Gasteiger partial charge in [0.15, 0.2) is 12.4 Å². The molecule has 0 aliphatic carbocycles. The number of carbonyl (C=O) groups excluding carboxylic acids is 3. The van der Waals surface area contributed by atoms with Crippen molar-refractivity contribution in [1.29, 1.82) is 0 Å². The number of carbonyl (C=O) groups is 3. The minimum Gasteiger partial charge on any atom is -0.545 e. The van der Waals surface area contributed by atoms with Gasteiger partial charge in [0, 0.05) is 12.8 Å². The van der Waals surface area contributed by atoms with E-state index in [4.69, 9.17) is 18.9 Å². The van der Waals surface area contributed by atoms with E-state index in [9.17, 15) is 19.5 Å². The number of ether oxygens (including phenoxy) is 4. The summed E-state index contributed by atoms with van der Waals surface area (Å²) >= 11 is 0. The highest BCUT2D eigenvalue weighted by molar-refractivity contribution is 5.70. The molecule has 0 bridgehead atoms. The van der Waals surface area contributed by atoms with E-state index >= 15 is 0 Å². The Morgan fingerprint density at radius 3 is 0.771 bits per heavy atom. The molecule has 0 aliphatic heterocycles. The third-order valence-corrected chi connectivity index (χ3v) is 17.4. The van der Waals surface area contributed by atoms with E-state index in [2.05, 4.69) is 13.8 Å². The fraction of sp³-hybridized carbons (Fsp3) is 0.959. The Morgan fingerprint density at radius 1 is 0.313 bits per heavy atom. The molecule has 0 heterocycles. The lowest BCUT2D eigenvalue weighted by Gasteiger charge is -2.26. The Labute approximate surface area is 517 Å². The third-order valence-electron chi connectivity index (χ3n) is 17.4. The van der Waals surface area contributed by atoms with Crippen molar-refractivity contribution < 1.29 is 42.9 Å². The van der Waals surface area contributed by atoms with E-state index in [1.165, 1.54) is 334 Å². The molecule has 83 heavy (non-hydrogen) atoms. The first kappa shape index (κ1) is 81.3.